The normalized spacial score (nSPS) is 28.1. The molecule has 13 heavy (non-hydrogen) atoms. The van der Waals surface area contributed by atoms with Crippen LogP contribution in [0.1, 0.15) is 6.42 Å². The third-order valence-electron chi connectivity index (χ3n) is 2.30. The molecule has 2 N–H and O–H groups in total. The molecule has 0 aromatic carbocycles. The van der Waals surface area contributed by atoms with Crippen molar-refractivity contribution in [2.75, 3.05) is 20.2 Å². The highest BCUT2D eigenvalue weighted by Gasteiger charge is 2.36. The Labute approximate surface area is 76.1 Å². The number of hydrogen-bond acceptors (Lipinski definition) is 4. The molecule has 1 heterocycles. The van der Waals surface area contributed by atoms with Crippen LogP contribution in [0.3, 0.4) is 0 Å². The largest absolute Gasteiger partial charge is 0.481 e. The number of nitrogens with one attached hydrogen (secondary N) is 1. The van der Waals surface area contributed by atoms with E-state index in [9.17, 15) is 9.59 Å². The first kappa shape index (κ1) is 9.98. The first-order valence-electron chi connectivity index (χ1n) is 4.18. The average molecular weight is 187 g/mol. The van der Waals surface area contributed by atoms with Crippen LogP contribution in [0.25, 0.3) is 0 Å². The summed E-state index contributed by atoms with van der Waals surface area (Å²) in [7, 11) is 1.28. The second-order valence-electron chi connectivity index (χ2n) is 3.07. The van der Waals surface area contributed by atoms with Crippen molar-refractivity contribution in [1.29, 1.82) is 0 Å². The molecule has 0 spiro atoms. The van der Waals surface area contributed by atoms with E-state index < -0.39 is 23.8 Å². The Morgan fingerprint density at radius 2 is 2.15 bits per heavy atom. The molecule has 1 saturated heterocycles. The third kappa shape index (κ3) is 2.18. The maximum absolute atomic E-state index is 11.2. The molecule has 5 nitrogen and oxygen atoms in total. The molecular weight excluding hydrogens is 174 g/mol. The minimum absolute atomic E-state index is 0.342. The molecule has 1 aliphatic heterocycles. The molecule has 1 fully saturated rings. The summed E-state index contributed by atoms with van der Waals surface area (Å²) >= 11 is 0. The Balaban J connectivity index is 2.67. The highest BCUT2D eigenvalue weighted by atomic mass is 16.5. The van der Waals surface area contributed by atoms with E-state index in [-0.39, 0.29) is 0 Å². The highest BCUT2D eigenvalue weighted by Crippen LogP contribution is 2.20. The zero-order chi connectivity index (χ0) is 9.84. The summed E-state index contributed by atoms with van der Waals surface area (Å²) in [4.78, 5) is 21.9. The third-order valence-corrected chi connectivity index (χ3v) is 2.30. The lowest BCUT2D eigenvalue weighted by Crippen LogP contribution is -2.44. The molecule has 0 aromatic heterocycles. The van der Waals surface area contributed by atoms with Crippen molar-refractivity contribution < 1.29 is 19.4 Å². The van der Waals surface area contributed by atoms with Gasteiger partial charge >= 0.3 is 11.9 Å². The van der Waals surface area contributed by atoms with Crippen LogP contribution in [0, 0.1) is 11.8 Å². The fourth-order valence-corrected chi connectivity index (χ4v) is 1.55. The minimum atomic E-state index is -0.942. The van der Waals surface area contributed by atoms with Crippen molar-refractivity contribution in [2.24, 2.45) is 11.8 Å². The number of carboxylic acid groups (broad SMARTS) is 1. The Kier molecular flexibility index (Phi) is 3.25. The molecule has 2 unspecified atom stereocenters. The summed E-state index contributed by atoms with van der Waals surface area (Å²) in [6.07, 6.45) is 0.531. The number of methoxy groups -OCH3 is 1. The van der Waals surface area contributed by atoms with Gasteiger partial charge in [-0.25, -0.2) is 0 Å². The van der Waals surface area contributed by atoms with Crippen molar-refractivity contribution in [3.05, 3.63) is 0 Å². The molecule has 0 radical (unpaired) electrons. The van der Waals surface area contributed by atoms with Gasteiger partial charge in [0, 0.05) is 6.54 Å². The lowest BCUT2D eigenvalue weighted by atomic mass is 9.86. The van der Waals surface area contributed by atoms with E-state index >= 15 is 0 Å². The fourth-order valence-electron chi connectivity index (χ4n) is 1.55. The van der Waals surface area contributed by atoms with Gasteiger partial charge in [0.05, 0.1) is 18.9 Å². The van der Waals surface area contributed by atoms with E-state index in [1.807, 2.05) is 0 Å². The molecule has 0 amide bonds. The summed E-state index contributed by atoms with van der Waals surface area (Å²) in [5.41, 5.74) is 0. The highest BCUT2D eigenvalue weighted by molar-refractivity contribution is 5.81. The fraction of sp³-hybridized carbons (Fsp3) is 0.750. The molecule has 5 heteroatoms. The number of esters is 1. The number of hydrogen-bond donors (Lipinski definition) is 2. The SMILES string of the molecule is COC(=O)C1CCNCC1C(=O)O. The molecule has 0 aliphatic carbocycles. The molecule has 0 saturated carbocycles. The molecule has 0 aromatic rings. The topological polar surface area (TPSA) is 75.6 Å². The number of carboxylic acids is 1. The summed E-state index contributed by atoms with van der Waals surface area (Å²) < 4.78 is 4.54. The van der Waals surface area contributed by atoms with Crippen LogP contribution < -0.4 is 5.32 Å². The van der Waals surface area contributed by atoms with Crippen molar-refractivity contribution in [2.45, 2.75) is 6.42 Å². The van der Waals surface area contributed by atoms with Crippen LogP contribution in [-0.2, 0) is 14.3 Å². The predicted octanol–water partition coefficient (Wildman–Crippen LogP) is -0.530. The van der Waals surface area contributed by atoms with E-state index in [0.717, 1.165) is 0 Å². The van der Waals surface area contributed by atoms with Crippen LogP contribution >= 0.6 is 0 Å². The van der Waals surface area contributed by atoms with Crippen LogP contribution in [0.5, 0.6) is 0 Å². The first-order chi connectivity index (χ1) is 6.16. The van der Waals surface area contributed by atoms with Gasteiger partial charge in [-0.2, -0.15) is 0 Å². The zero-order valence-electron chi connectivity index (χ0n) is 7.45. The minimum Gasteiger partial charge on any atom is -0.481 e. The molecule has 0 bridgehead atoms. The molecule has 2 atom stereocenters. The molecule has 1 rings (SSSR count). The van der Waals surface area contributed by atoms with E-state index in [2.05, 4.69) is 10.1 Å². The number of carbonyl (C=O) groups is 2. The van der Waals surface area contributed by atoms with Gasteiger partial charge in [-0.15, -0.1) is 0 Å². The zero-order valence-corrected chi connectivity index (χ0v) is 7.45. The Morgan fingerprint density at radius 1 is 1.46 bits per heavy atom. The van der Waals surface area contributed by atoms with Crippen molar-refractivity contribution >= 4 is 11.9 Å². The number of aliphatic carboxylic acids is 1. The monoisotopic (exact) mass is 187 g/mol. The van der Waals surface area contributed by atoms with Gasteiger partial charge < -0.3 is 15.2 Å². The Hall–Kier alpha value is -1.10. The van der Waals surface area contributed by atoms with Gasteiger partial charge in [0.2, 0.25) is 0 Å². The smallest absolute Gasteiger partial charge is 0.309 e. The molecule has 1 aliphatic rings. The Bertz CT molecular complexity index is 216. The van der Waals surface area contributed by atoms with Crippen LogP contribution in [-0.4, -0.2) is 37.2 Å². The standard InChI is InChI=1S/C8H13NO4/c1-13-8(12)5-2-3-9-4-6(5)7(10)11/h5-6,9H,2-4H2,1H3,(H,10,11). The summed E-state index contributed by atoms with van der Waals surface area (Å²) in [6, 6.07) is 0. The van der Waals surface area contributed by atoms with Gasteiger partial charge in [-0.3, -0.25) is 9.59 Å². The maximum atomic E-state index is 11.2. The van der Waals surface area contributed by atoms with E-state index in [0.29, 0.717) is 19.5 Å². The van der Waals surface area contributed by atoms with E-state index in [1.54, 1.807) is 0 Å². The lowest BCUT2D eigenvalue weighted by molar-refractivity contribution is -0.156. The quantitative estimate of drug-likeness (QED) is 0.568. The lowest BCUT2D eigenvalue weighted by Gasteiger charge is -2.26. The van der Waals surface area contributed by atoms with E-state index in [1.165, 1.54) is 7.11 Å². The van der Waals surface area contributed by atoms with Gasteiger partial charge in [-0.05, 0) is 13.0 Å². The summed E-state index contributed by atoms with van der Waals surface area (Å²) in [5.74, 6) is -2.51. The van der Waals surface area contributed by atoms with E-state index in [4.69, 9.17) is 5.11 Å². The second-order valence-corrected chi connectivity index (χ2v) is 3.07. The number of ether oxygens (including phenoxy) is 1. The number of carbonyl (C=O) groups excluding carboxylic acids is 1. The van der Waals surface area contributed by atoms with Gasteiger partial charge in [0.1, 0.15) is 0 Å². The van der Waals surface area contributed by atoms with Crippen LogP contribution in [0.4, 0.5) is 0 Å². The average Bonchev–Trinajstić information content (AvgIpc) is 2.16. The van der Waals surface area contributed by atoms with Crippen LogP contribution in [0.15, 0.2) is 0 Å². The number of piperidine rings is 1. The van der Waals surface area contributed by atoms with Gasteiger partial charge in [0.25, 0.3) is 0 Å². The summed E-state index contributed by atoms with van der Waals surface area (Å²) in [6.45, 7) is 1.01. The molecular formula is C8H13NO4. The van der Waals surface area contributed by atoms with Gasteiger partial charge in [-0.1, -0.05) is 0 Å². The first-order valence-corrected chi connectivity index (χ1v) is 4.18. The predicted molar refractivity (Wildman–Crippen MR) is 44.1 cm³/mol. The van der Waals surface area contributed by atoms with Crippen molar-refractivity contribution in [3.63, 3.8) is 0 Å². The van der Waals surface area contributed by atoms with Crippen molar-refractivity contribution in [3.8, 4) is 0 Å². The molecule has 74 valence electrons. The van der Waals surface area contributed by atoms with Crippen molar-refractivity contribution in [1.82, 2.24) is 5.32 Å². The Morgan fingerprint density at radius 3 is 2.69 bits per heavy atom. The maximum Gasteiger partial charge on any atom is 0.309 e. The number of rotatable bonds is 2. The second kappa shape index (κ2) is 4.23. The van der Waals surface area contributed by atoms with Crippen LogP contribution in [0.2, 0.25) is 0 Å². The summed E-state index contributed by atoms with van der Waals surface area (Å²) in [5, 5.41) is 11.7. The van der Waals surface area contributed by atoms with Gasteiger partial charge in [0.15, 0.2) is 0 Å².